The minimum absolute atomic E-state index is 0.150. The molecule has 0 bridgehead atoms. The zero-order valence-corrected chi connectivity index (χ0v) is 14.0. The molecule has 0 aliphatic rings. The van der Waals surface area contributed by atoms with E-state index in [0.717, 1.165) is 0 Å². The molecular weight excluding hydrogens is 367 g/mol. The van der Waals surface area contributed by atoms with Crippen LogP contribution in [0.2, 0.25) is 10.0 Å². The molecule has 2 aromatic carbocycles. The van der Waals surface area contributed by atoms with Gasteiger partial charge in [-0.15, -0.1) is 5.10 Å². The molecule has 0 unspecified atom stereocenters. The molecule has 8 nitrogen and oxygen atoms in total. The summed E-state index contributed by atoms with van der Waals surface area (Å²) in [5.74, 6) is -1.10. The van der Waals surface area contributed by atoms with Crippen molar-refractivity contribution in [3.05, 3.63) is 70.0 Å². The molecule has 126 valence electrons. The standard InChI is InChI=1S/C15H10Cl2N6O2/c16-10-4-5-13(17)12(7-10)15(25)20-19-14(24)9-2-1-3-11(6-9)23-8-18-21-22-23/h1-8H,(H,19,24)(H,20,25). The van der Waals surface area contributed by atoms with Crippen LogP contribution < -0.4 is 10.9 Å². The van der Waals surface area contributed by atoms with E-state index in [1.165, 1.54) is 23.1 Å². The van der Waals surface area contributed by atoms with Crippen molar-refractivity contribution in [1.82, 2.24) is 31.1 Å². The normalized spacial score (nSPS) is 10.3. The molecule has 0 spiro atoms. The number of nitrogens with one attached hydrogen (secondary N) is 2. The number of amides is 2. The lowest BCUT2D eigenvalue weighted by Crippen LogP contribution is -2.41. The zero-order valence-electron chi connectivity index (χ0n) is 12.5. The van der Waals surface area contributed by atoms with Gasteiger partial charge in [-0.1, -0.05) is 29.3 Å². The van der Waals surface area contributed by atoms with E-state index in [0.29, 0.717) is 16.3 Å². The van der Waals surface area contributed by atoms with E-state index in [1.54, 1.807) is 30.3 Å². The van der Waals surface area contributed by atoms with Crippen LogP contribution in [0.25, 0.3) is 5.69 Å². The third-order valence-electron chi connectivity index (χ3n) is 3.18. The largest absolute Gasteiger partial charge is 0.271 e. The highest BCUT2D eigenvalue weighted by Gasteiger charge is 2.13. The smallest absolute Gasteiger partial charge is 0.267 e. The van der Waals surface area contributed by atoms with Crippen LogP contribution in [0.4, 0.5) is 0 Å². The van der Waals surface area contributed by atoms with E-state index >= 15 is 0 Å². The van der Waals surface area contributed by atoms with Crippen molar-refractivity contribution >= 4 is 35.0 Å². The van der Waals surface area contributed by atoms with Crippen LogP contribution in [0.5, 0.6) is 0 Å². The Morgan fingerprint density at radius 3 is 2.56 bits per heavy atom. The third-order valence-corrected chi connectivity index (χ3v) is 3.75. The van der Waals surface area contributed by atoms with E-state index in [9.17, 15) is 9.59 Å². The van der Waals surface area contributed by atoms with Crippen molar-refractivity contribution in [3.63, 3.8) is 0 Å². The average molecular weight is 377 g/mol. The number of hydrogen-bond donors (Lipinski definition) is 2. The first-order chi connectivity index (χ1) is 12.0. The SMILES string of the molecule is O=C(NNC(=O)c1cc(Cl)ccc1Cl)c1cccc(-n2cnnn2)c1. The molecule has 0 aliphatic carbocycles. The van der Waals surface area contributed by atoms with Gasteiger partial charge in [0.2, 0.25) is 0 Å². The predicted molar refractivity (Wildman–Crippen MR) is 90.5 cm³/mol. The van der Waals surface area contributed by atoms with Gasteiger partial charge in [-0.3, -0.25) is 20.4 Å². The summed E-state index contributed by atoms with van der Waals surface area (Å²) in [6.45, 7) is 0. The Labute approximate surface area is 151 Å². The fourth-order valence-corrected chi connectivity index (χ4v) is 2.37. The summed E-state index contributed by atoms with van der Waals surface area (Å²) in [7, 11) is 0. The molecule has 3 rings (SSSR count). The quantitative estimate of drug-likeness (QED) is 0.681. The first-order valence-corrected chi connectivity index (χ1v) is 7.69. The first kappa shape index (κ1) is 16.9. The highest BCUT2D eigenvalue weighted by atomic mass is 35.5. The van der Waals surface area contributed by atoms with Gasteiger partial charge in [-0.2, -0.15) is 0 Å². The van der Waals surface area contributed by atoms with Crippen molar-refractivity contribution in [3.8, 4) is 5.69 Å². The lowest BCUT2D eigenvalue weighted by molar-refractivity contribution is 0.0847. The van der Waals surface area contributed by atoms with E-state index in [1.807, 2.05) is 0 Å². The maximum absolute atomic E-state index is 12.2. The molecule has 0 saturated carbocycles. The Morgan fingerprint density at radius 2 is 1.80 bits per heavy atom. The minimum atomic E-state index is -0.586. The monoisotopic (exact) mass is 376 g/mol. The van der Waals surface area contributed by atoms with Crippen LogP contribution in [0.1, 0.15) is 20.7 Å². The summed E-state index contributed by atoms with van der Waals surface area (Å²) >= 11 is 11.8. The fraction of sp³-hybridized carbons (Fsp3) is 0. The Kier molecular flexibility index (Phi) is 4.92. The molecule has 0 radical (unpaired) electrons. The van der Waals surface area contributed by atoms with Gasteiger partial charge in [0.25, 0.3) is 11.8 Å². The van der Waals surface area contributed by atoms with Crippen molar-refractivity contribution in [2.45, 2.75) is 0 Å². The number of rotatable bonds is 3. The van der Waals surface area contributed by atoms with E-state index in [2.05, 4.69) is 26.4 Å². The lowest BCUT2D eigenvalue weighted by Gasteiger charge is -2.09. The van der Waals surface area contributed by atoms with Crippen molar-refractivity contribution in [2.75, 3.05) is 0 Å². The molecule has 3 aromatic rings. The predicted octanol–water partition coefficient (Wildman–Crippen LogP) is 2.04. The van der Waals surface area contributed by atoms with E-state index in [4.69, 9.17) is 23.2 Å². The van der Waals surface area contributed by atoms with E-state index in [-0.39, 0.29) is 10.6 Å². The molecule has 0 fully saturated rings. The summed E-state index contributed by atoms with van der Waals surface area (Å²) in [5.41, 5.74) is 5.67. The Bertz CT molecular complexity index is 930. The van der Waals surface area contributed by atoms with Gasteiger partial charge in [0.05, 0.1) is 16.3 Å². The molecule has 1 aromatic heterocycles. The maximum atomic E-state index is 12.2. The van der Waals surface area contributed by atoms with Crippen LogP contribution in [-0.2, 0) is 0 Å². The van der Waals surface area contributed by atoms with Crippen LogP contribution in [0.15, 0.2) is 48.8 Å². The summed E-state index contributed by atoms with van der Waals surface area (Å²) in [5, 5.41) is 11.4. The Balaban J connectivity index is 1.70. The number of aromatic nitrogens is 4. The summed E-state index contributed by atoms with van der Waals surface area (Å²) in [6.07, 6.45) is 1.40. The number of hydrogen-bond acceptors (Lipinski definition) is 5. The number of halogens is 2. The molecule has 25 heavy (non-hydrogen) atoms. The van der Waals surface area contributed by atoms with E-state index < -0.39 is 11.8 Å². The summed E-state index contributed by atoms with van der Waals surface area (Å²) in [4.78, 5) is 24.3. The molecule has 0 saturated heterocycles. The van der Waals surface area contributed by atoms with Crippen LogP contribution in [0.3, 0.4) is 0 Å². The number of carbonyl (C=O) groups is 2. The Hall–Kier alpha value is -2.97. The maximum Gasteiger partial charge on any atom is 0.271 e. The number of nitrogens with zero attached hydrogens (tertiary/aromatic N) is 4. The average Bonchev–Trinajstić information content (AvgIpc) is 3.16. The number of benzene rings is 2. The minimum Gasteiger partial charge on any atom is -0.267 e. The van der Waals surface area contributed by atoms with Crippen molar-refractivity contribution in [1.29, 1.82) is 0 Å². The van der Waals surface area contributed by atoms with Crippen molar-refractivity contribution < 1.29 is 9.59 Å². The van der Waals surface area contributed by atoms with Gasteiger partial charge < -0.3 is 0 Å². The van der Waals surface area contributed by atoms with Crippen LogP contribution in [0, 0.1) is 0 Å². The van der Waals surface area contributed by atoms with Gasteiger partial charge in [-0.05, 0) is 46.8 Å². The van der Waals surface area contributed by atoms with Crippen molar-refractivity contribution in [2.24, 2.45) is 0 Å². The fourth-order valence-electron chi connectivity index (χ4n) is 1.99. The third kappa shape index (κ3) is 3.93. The van der Waals surface area contributed by atoms with Gasteiger partial charge in [0, 0.05) is 10.6 Å². The number of tetrazole rings is 1. The zero-order chi connectivity index (χ0) is 17.8. The second-order valence-electron chi connectivity index (χ2n) is 4.84. The molecule has 0 atom stereocenters. The van der Waals surface area contributed by atoms with Gasteiger partial charge in [-0.25, -0.2) is 4.68 Å². The van der Waals surface area contributed by atoms with Gasteiger partial charge in [0.1, 0.15) is 6.33 Å². The van der Waals surface area contributed by atoms with Crippen LogP contribution >= 0.6 is 23.2 Å². The molecular formula is C15H10Cl2N6O2. The molecule has 0 aliphatic heterocycles. The highest BCUT2D eigenvalue weighted by Crippen LogP contribution is 2.20. The molecule has 2 N–H and O–H groups in total. The highest BCUT2D eigenvalue weighted by molar-refractivity contribution is 6.35. The lowest BCUT2D eigenvalue weighted by atomic mass is 10.2. The first-order valence-electron chi connectivity index (χ1n) is 6.94. The van der Waals surface area contributed by atoms with Crippen LogP contribution in [-0.4, -0.2) is 32.0 Å². The topological polar surface area (TPSA) is 102 Å². The van der Waals surface area contributed by atoms with Gasteiger partial charge in [0.15, 0.2) is 0 Å². The molecule has 2 amide bonds. The molecule has 10 heteroatoms. The summed E-state index contributed by atoms with van der Waals surface area (Å²) in [6, 6.07) is 11.0. The van der Waals surface area contributed by atoms with Gasteiger partial charge >= 0.3 is 0 Å². The Morgan fingerprint density at radius 1 is 1.00 bits per heavy atom. The molecule has 1 heterocycles. The second kappa shape index (κ2) is 7.29. The number of carbonyl (C=O) groups excluding carboxylic acids is 2. The second-order valence-corrected chi connectivity index (χ2v) is 5.68. The summed E-state index contributed by atoms with van der Waals surface area (Å²) < 4.78 is 1.40. The number of hydrazine groups is 1.